The largest absolute Gasteiger partial charge is 0.378 e. The van der Waals surface area contributed by atoms with Crippen molar-refractivity contribution < 1.29 is 14.3 Å². The molecular formula is C11H22N2O3. The van der Waals surface area contributed by atoms with Crippen molar-refractivity contribution in [2.45, 2.75) is 57.5 Å². The zero-order valence-corrected chi connectivity index (χ0v) is 10.0. The van der Waals surface area contributed by atoms with Crippen LogP contribution in [0, 0.1) is 0 Å². The van der Waals surface area contributed by atoms with Crippen LogP contribution in [0.15, 0.2) is 0 Å². The van der Waals surface area contributed by atoms with Crippen LogP contribution >= 0.6 is 0 Å². The maximum absolute atomic E-state index is 10.7. The second-order valence-electron chi connectivity index (χ2n) is 4.52. The molecule has 0 aromatic heterocycles. The summed E-state index contributed by atoms with van der Waals surface area (Å²) >= 11 is 0. The highest BCUT2D eigenvalue weighted by molar-refractivity contribution is 5.79. The summed E-state index contributed by atoms with van der Waals surface area (Å²) in [5, 5.41) is 0. The van der Waals surface area contributed by atoms with Crippen LogP contribution in [-0.4, -0.2) is 36.9 Å². The lowest BCUT2D eigenvalue weighted by atomic mass is 10.0. The van der Waals surface area contributed by atoms with E-state index in [0.717, 1.165) is 12.8 Å². The van der Waals surface area contributed by atoms with Gasteiger partial charge in [-0.2, -0.15) is 0 Å². The van der Waals surface area contributed by atoms with E-state index in [1.807, 2.05) is 13.8 Å². The van der Waals surface area contributed by atoms with E-state index in [-0.39, 0.29) is 18.3 Å². The van der Waals surface area contributed by atoms with Crippen molar-refractivity contribution in [3.63, 3.8) is 0 Å². The number of nitrogens with two attached hydrogens (primary N) is 2. The summed E-state index contributed by atoms with van der Waals surface area (Å²) in [6.07, 6.45) is 2.96. The zero-order valence-electron chi connectivity index (χ0n) is 10.0. The van der Waals surface area contributed by atoms with Crippen LogP contribution in [0.2, 0.25) is 0 Å². The highest BCUT2D eigenvalue weighted by Gasteiger charge is 2.25. The van der Waals surface area contributed by atoms with Crippen LogP contribution in [0.5, 0.6) is 0 Å². The Kier molecular flexibility index (Phi) is 5.18. The number of carbonyl (C=O) groups excluding carboxylic acids is 1. The summed E-state index contributed by atoms with van der Waals surface area (Å²) in [6, 6.07) is -0.602. The van der Waals surface area contributed by atoms with Gasteiger partial charge in [0.2, 0.25) is 5.91 Å². The number of rotatable bonds is 5. The molecule has 1 aliphatic heterocycles. The second-order valence-corrected chi connectivity index (χ2v) is 4.52. The van der Waals surface area contributed by atoms with Gasteiger partial charge in [0, 0.05) is 6.61 Å². The Morgan fingerprint density at radius 2 is 2.00 bits per heavy atom. The predicted molar refractivity (Wildman–Crippen MR) is 60.8 cm³/mol. The third-order valence-electron chi connectivity index (χ3n) is 2.80. The first-order valence-electron chi connectivity index (χ1n) is 5.81. The molecule has 1 rings (SSSR count). The second kappa shape index (κ2) is 6.18. The van der Waals surface area contributed by atoms with Crippen molar-refractivity contribution in [3.8, 4) is 0 Å². The molecule has 0 aromatic carbocycles. The number of primary amides is 1. The molecule has 5 nitrogen and oxygen atoms in total. The smallest absolute Gasteiger partial charge is 0.234 e. The first-order chi connectivity index (χ1) is 7.49. The first kappa shape index (κ1) is 13.4. The van der Waals surface area contributed by atoms with Gasteiger partial charge in [0.1, 0.15) is 0 Å². The number of amides is 1. The lowest BCUT2D eigenvalue weighted by Gasteiger charge is -2.32. The molecule has 0 aliphatic carbocycles. The zero-order chi connectivity index (χ0) is 12.1. The van der Waals surface area contributed by atoms with Crippen LogP contribution in [0.3, 0.4) is 0 Å². The average molecular weight is 230 g/mol. The SMILES string of the molecule is CC1CC(OCCC(N)C(N)=O)CC(C)O1. The molecule has 4 N–H and O–H groups in total. The summed E-state index contributed by atoms with van der Waals surface area (Å²) < 4.78 is 11.3. The number of hydrogen-bond donors (Lipinski definition) is 2. The number of hydrogen-bond acceptors (Lipinski definition) is 4. The van der Waals surface area contributed by atoms with E-state index in [1.165, 1.54) is 0 Å². The molecule has 94 valence electrons. The molecule has 1 amide bonds. The van der Waals surface area contributed by atoms with Crippen LogP contribution in [0.25, 0.3) is 0 Å². The van der Waals surface area contributed by atoms with Crippen molar-refractivity contribution in [2.75, 3.05) is 6.61 Å². The molecule has 1 heterocycles. The summed E-state index contributed by atoms with van der Waals surface area (Å²) in [4.78, 5) is 10.7. The lowest BCUT2D eigenvalue weighted by Crippen LogP contribution is -2.38. The van der Waals surface area contributed by atoms with Gasteiger partial charge in [-0.15, -0.1) is 0 Å². The van der Waals surface area contributed by atoms with E-state index in [0.29, 0.717) is 13.0 Å². The summed E-state index contributed by atoms with van der Waals surface area (Å²) in [5.74, 6) is -0.475. The van der Waals surface area contributed by atoms with Crippen molar-refractivity contribution >= 4 is 5.91 Å². The van der Waals surface area contributed by atoms with Crippen molar-refractivity contribution in [3.05, 3.63) is 0 Å². The molecule has 0 bridgehead atoms. The Morgan fingerprint density at radius 1 is 1.44 bits per heavy atom. The van der Waals surface area contributed by atoms with Crippen LogP contribution < -0.4 is 11.5 Å². The molecule has 0 saturated carbocycles. The molecular weight excluding hydrogens is 208 g/mol. The number of carbonyl (C=O) groups is 1. The quantitative estimate of drug-likeness (QED) is 0.704. The lowest BCUT2D eigenvalue weighted by molar-refractivity contribution is -0.121. The highest BCUT2D eigenvalue weighted by Crippen LogP contribution is 2.21. The Bertz CT molecular complexity index is 225. The normalized spacial score (nSPS) is 32.3. The minimum Gasteiger partial charge on any atom is -0.378 e. The molecule has 1 aliphatic rings. The molecule has 3 atom stereocenters. The first-order valence-corrected chi connectivity index (χ1v) is 5.81. The van der Waals surface area contributed by atoms with Gasteiger partial charge in [-0.3, -0.25) is 4.79 Å². The minimum absolute atomic E-state index is 0.207. The van der Waals surface area contributed by atoms with E-state index < -0.39 is 11.9 Å². The van der Waals surface area contributed by atoms with Gasteiger partial charge in [0.05, 0.1) is 24.4 Å². The van der Waals surface area contributed by atoms with E-state index in [4.69, 9.17) is 20.9 Å². The Hall–Kier alpha value is -0.650. The third kappa shape index (κ3) is 4.47. The van der Waals surface area contributed by atoms with Gasteiger partial charge in [-0.1, -0.05) is 0 Å². The third-order valence-corrected chi connectivity index (χ3v) is 2.80. The van der Waals surface area contributed by atoms with E-state index >= 15 is 0 Å². The standard InChI is InChI=1S/C11H22N2O3/c1-7-5-9(6-8(2)16-7)15-4-3-10(12)11(13)14/h7-10H,3-6,12H2,1-2H3,(H2,13,14). The summed E-state index contributed by atoms with van der Waals surface area (Å²) in [5.41, 5.74) is 10.6. The fourth-order valence-electron chi connectivity index (χ4n) is 1.98. The van der Waals surface area contributed by atoms with Gasteiger partial charge in [0.25, 0.3) is 0 Å². The topological polar surface area (TPSA) is 87.6 Å². The van der Waals surface area contributed by atoms with E-state index in [2.05, 4.69) is 0 Å². The van der Waals surface area contributed by atoms with Gasteiger partial charge < -0.3 is 20.9 Å². The van der Waals surface area contributed by atoms with Crippen LogP contribution in [-0.2, 0) is 14.3 Å². The van der Waals surface area contributed by atoms with E-state index in [9.17, 15) is 4.79 Å². The molecule has 0 aromatic rings. The molecule has 1 fully saturated rings. The van der Waals surface area contributed by atoms with Crippen molar-refractivity contribution in [1.29, 1.82) is 0 Å². The molecule has 5 heteroatoms. The maximum atomic E-state index is 10.7. The fraction of sp³-hybridized carbons (Fsp3) is 0.909. The highest BCUT2D eigenvalue weighted by atomic mass is 16.5. The Morgan fingerprint density at radius 3 is 2.50 bits per heavy atom. The predicted octanol–water partition coefficient (Wildman–Crippen LogP) is 0.162. The molecule has 0 spiro atoms. The fourth-order valence-corrected chi connectivity index (χ4v) is 1.98. The van der Waals surface area contributed by atoms with Crippen molar-refractivity contribution in [1.82, 2.24) is 0 Å². The number of ether oxygens (including phenoxy) is 2. The molecule has 3 unspecified atom stereocenters. The van der Waals surface area contributed by atoms with E-state index in [1.54, 1.807) is 0 Å². The molecule has 1 saturated heterocycles. The van der Waals surface area contributed by atoms with Gasteiger partial charge >= 0.3 is 0 Å². The minimum atomic E-state index is -0.602. The van der Waals surface area contributed by atoms with Crippen LogP contribution in [0.1, 0.15) is 33.1 Å². The van der Waals surface area contributed by atoms with Crippen LogP contribution in [0.4, 0.5) is 0 Å². The average Bonchev–Trinajstić information content (AvgIpc) is 2.15. The Balaban J connectivity index is 2.19. The van der Waals surface area contributed by atoms with Crippen molar-refractivity contribution in [2.24, 2.45) is 11.5 Å². The Labute approximate surface area is 96.5 Å². The summed E-state index contributed by atoms with van der Waals surface area (Å²) in [6.45, 7) is 4.57. The van der Waals surface area contributed by atoms with Gasteiger partial charge in [-0.05, 0) is 33.1 Å². The summed E-state index contributed by atoms with van der Waals surface area (Å²) in [7, 11) is 0. The monoisotopic (exact) mass is 230 g/mol. The molecule has 16 heavy (non-hydrogen) atoms. The van der Waals surface area contributed by atoms with Gasteiger partial charge in [-0.25, -0.2) is 0 Å². The maximum Gasteiger partial charge on any atom is 0.234 e. The van der Waals surface area contributed by atoms with Gasteiger partial charge in [0.15, 0.2) is 0 Å². The molecule has 0 radical (unpaired) electrons.